The number of imidazole rings is 1. The quantitative estimate of drug-likeness (QED) is 0.788. The zero-order chi connectivity index (χ0) is 16.2. The fraction of sp³-hybridized carbons (Fsp3) is 0.222. The number of benzene rings is 2. The van der Waals surface area contributed by atoms with Gasteiger partial charge in [-0.15, -0.1) is 0 Å². The van der Waals surface area contributed by atoms with Crippen molar-refractivity contribution in [3.8, 4) is 5.75 Å². The van der Waals surface area contributed by atoms with Crippen molar-refractivity contribution in [2.24, 2.45) is 0 Å². The van der Waals surface area contributed by atoms with E-state index in [0.29, 0.717) is 6.54 Å². The van der Waals surface area contributed by atoms with E-state index in [1.165, 1.54) is 0 Å². The Balaban J connectivity index is 1.71. The SMILES string of the molecule is COc1ccccc1CNC(=O)Cn1c(C)nc2ccccc21. The molecular formula is C18H19N3O2. The van der Waals surface area contributed by atoms with Crippen molar-refractivity contribution in [1.29, 1.82) is 0 Å². The summed E-state index contributed by atoms with van der Waals surface area (Å²) in [5.41, 5.74) is 2.83. The molecule has 2 aromatic carbocycles. The number of methoxy groups -OCH3 is 1. The lowest BCUT2D eigenvalue weighted by molar-refractivity contribution is -0.121. The van der Waals surface area contributed by atoms with E-state index in [2.05, 4.69) is 10.3 Å². The lowest BCUT2D eigenvalue weighted by Gasteiger charge is -2.11. The van der Waals surface area contributed by atoms with Crippen molar-refractivity contribution in [2.75, 3.05) is 7.11 Å². The number of nitrogens with one attached hydrogen (secondary N) is 1. The molecule has 0 fully saturated rings. The van der Waals surface area contributed by atoms with E-state index in [1.807, 2.05) is 60.0 Å². The van der Waals surface area contributed by atoms with E-state index in [4.69, 9.17) is 4.74 Å². The highest BCUT2D eigenvalue weighted by Gasteiger charge is 2.11. The largest absolute Gasteiger partial charge is 0.496 e. The summed E-state index contributed by atoms with van der Waals surface area (Å²) in [6.45, 7) is 2.60. The van der Waals surface area contributed by atoms with Gasteiger partial charge in [0.05, 0.1) is 18.1 Å². The van der Waals surface area contributed by atoms with Gasteiger partial charge < -0.3 is 14.6 Å². The second-order valence-electron chi connectivity index (χ2n) is 5.32. The lowest BCUT2D eigenvalue weighted by Crippen LogP contribution is -2.27. The molecule has 1 heterocycles. The molecule has 1 amide bonds. The van der Waals surface area contributed by atoms with Crippen LogP contribution < -0.4 is 10.1 Å². The normalized spacial score (nSPS) is 10.7. The zero-order valence-corrected chi connectivity index (χ0v) is 13.2. The number of hydrogen-bond donors (Lipinski definition) is 1. The van der Waals surface area contributed by atoms with Crippen LogP contribution in [0.2, 0.25) is 0 Å². The number of aryl methyl sites for hydroxylation is 1. The molecule has 0 aliphatic carbocycles. The average Bonchev–Trinajstić information content (AvgIpc) is 2.89. The molecule has 1 aromatic heterocycles. The predicted octanol–water partition coefficient (Wildman–Crippen LogP) is 2.67. The number of ether oxygens (including phenoxy) is 1. The smallest absolute Gasteiger partial charge is 0.240 e. The molecule has 0 bridgehead atoms. The van der Waals surface area contributed by atoms with Gasteiger partial charge in [-0.1, -0.05) is 30.3 Å². The molecule has 0 radical (unpaired) electrons. The molecule has 0 spiro atoms. The minimum atomic E-state index is -0.0536. The van der Waals surface area contributed by atoms with E-state index in [-0.39, 0.29) is 12.5 Å². The van der Waals surface area contributed by atoms with E-state index in [9.17, 15) is 4.79 Å². The van der Waals surface area contributed by atoms with E-state index >= 15 is 0 Å². The Morgan fingerprint density at radius 3 is 2.74 bits per heavy atom. The van der Waals surface area contributed by atoms with E-state index in [0.717, 1.165) is 28.2 Å². The number of fused-ring (bicyclic) bond motifs is 1. The summed E-state index contributed by atoms with van der Waals surface area (Å²) in [6.07, 6.45) is 0. The first-order valence-corrected chi connectivity index (χ1v) is 7.49. The van der Waals surface area contributed by atoms with Crippen LogP contribution in [0, 0.1) is 6.92 Å². The molecule has 5 nitrogen and oxygen atoms in total. The number of para-hydroxylation sites is 3. The third-order valence-corrected chi connectivity index (χ3v) is 3.82. The number of amides is 1. The molecule has 0 saturated heterocycles. The molecule has 0 unspecified atom stereocenters. The van der Waals surface area contributed by atoms with Crippen molar-refractivity contribution in [3.63, 3.8) is 0 Å². The minimum Gasteiger partial charge on any atom is -0.496 e. The van der Waals surface area contributed by atoms with Gasteiger partial charge in [-0.2, -0.15) is 0 Å². The van der Waals surface area contributed by atoms with Crippen LogP contribution in [0.15, 0.2) is 48.5 Å². The van der Waals surface area contributed by atoms with Crippen molar-refractivity contribution < 1.29 is 9.53 Å². The highest BCUT2D eigenvalue weighted by molar-refractivity contribution is 5.81. The number of hydrogen-bond acceptors (Lipinski definition) is 3. The fourth-order valence-corrected chi connectivity index (χ4v) is 2.64. The highest BCUT2D eigenvalue weighted by Crippen LogP contribution is 2.17. The number of aromatic nitrogens is 2. The molecule has 23 heavy (non-hydrogen) atoms. The van der Waals surface area contributed by atoms with Gasteiger partial charge in [-0.05, 0) is 25.1 Å². The summed E-state index contributed by atoms with van der Waals surface area (Å²) in [5.74, 6) is 1.55. The molecule has 0 aliphatic heterocycles. The molecule has 3 aromatic rings. The maximum absolute atomic E-state index is 12.3. The monoisotopic (exact) mass is 309 g/mol. The first-order chi connectivity index (χ1) is 11.2. The predicted molar refractivity (Wildman–Crippen MR) is 89.3 cm³/mol. The third-order valence-electron chi connectivity index (χ3n) is 3.82. The van der Waals surface area contributed by atoms with Crippen molar-refractivity contribution >= 4 is 16.9 Å². The standard InChI is InChI=1S/C18H19N3O2/c1-13-20-15-8-4-5-9-16(15)21(13)12-18(22)19-11-14-7-3-6-10-17(14)23-2/h3-10H,11-12H2,1-2H3,(H,19,22). The Hall–Kier alpha value is -2.82. The Bertz CT molecular complexity index is 839. The van der Waals surface area contributed by atoms with Crippen molar-refractivity contribution in [2.45, 2.75) is 20.0 Å². The summed E-state index contributed by atoms with van der Waals surface area (Å²) >= 11 is 0. The first kappa shape index (κ1) is 15.1. The third kappa shape index (κ3) is 3.18. The van der Waals surface area contributed by atoms with Gasteiger partial charge in [0.1, 0.15) is 18.1 Å². The molecule has 5 heteroatoms. The first-order valence-electron chi connectivity index (χ1n) is 7.49. The molecular weight excluding hydrogens is 290 g/mol. The van der Waals surface area contributed by atoms with Crippen LogP contribution in [0.1, 0.15) is 11.4 Å². The van der Waals surface area contributed by atoms with E-state index < -0.39 is 0 Å². The Morgan fingerprint density at radius 1 is 1.17 bits per heavy atom. The van der Waals surface area contributed by atoms with Crippen LogP contribution in [0.3, 0.4) is 0 Å². The van der Waals surface area contributed by atoms with Crippen LogP contribution in [-0.4, -0.2) is 22.6 Å². The number of carbonyl (C=O) groups is 1. The van der Waals surface area contributed by atoms with Gasteiger partial charge >= 0.3 is 0 Å². The maximum atomic E-state index is 12.3. The molecule has 0 aliphatic rings. The summed E-state index contributed by atoms with van der Waals surface area (Å²) in [6, 6.07) is 15.5. The summed E-state index contributed by atoms with van der Waals surface area (Å²) in [4.78, 5) is 16.8. The van der Waals surface area contributed by atoms with Crippen LogP contribution >= 0.6 is 0 Å². The van der Waals surface area contributed by atoms with Gasteiger partial charge in [-0.25, -0.2) is 4.98 Å². The average molecular weight is 309 g/mol. The Kier molecular flexibility index (Phi) is 4.28. The van der Waals surface area contributed by atoms with Crippen molar-refractivity contribution in [3.05, 3.63) is 59.9 Å². The molecule has 3 rings (SSSR count). The maximum Gasteiger partial charge on any atom is 0.240 e. The van der Waals surface area contributed by atoms with Gasteiger partial charge in [-0.3, -0.25) is 4.79 Å². The van der Waals surface area contributed by atoms with Crippen molar-refractivity contribution in [1.82, 2.24) is 14.9 Å². The zero-order valence-electron chi connectivity index (χ0n) is 13.2. The molecule has 0 atom stereocenters. The van der Waals surface area contributed by atoms with Gasteiger partial charge in [0.2, 0.25) is 5.91 Å². The molecule has 118 valence electrons. The molecule has 0 saturated carbocycles. The van der Waals surface area contributed by atoms with Gasteiger partial charge in [0.25, 0.3) is 0 Å². The highest BCUT2D eigenvalue weighted by atomic mass is 16.5. The lowest BCUT2D eigenvalue weighted by atomic mass is 10.2. The van der Waals surface area contributed by atoms with Crippen LogP contribution in [-0.2, 0) is 17.9 Å². The van der Waals surface area contributed by atoms with Crippen LogP contribution in [0.5, 0.6) is 5.75 Å². The second kappa shape index (κ2) is 6.52. The number of carbonyl (C=O) groups excluding carboxylic acids is 1. The molecule has 1 N–H and O–H groups in total. The Labute approximate surface area is 134 Å². The van der Waals surface area contributed by atoms with E-state index in [1.54, 1.807) is 7.11 Å². The topological polar surface area (TPSA) is 56.1 Å². The summed E-state index contributed by atoms with van der Waals surface area (Å²) in [5, 5.41) is 2.94. The fourth-order valence-electron chi connectivity index (χ4n) is 2.64. The number of nitrogens with zero attached hydrogens (tertiary/aromatic N) is 2. The number of rotatable bonds is 5. The summed E-state index contributed by atoms with van der Waals surface area (Å²) < 4.78 is 7.22. The van der Waals surface area contributed by atoms with Crippen LogP contribution in [0.4, 0.5) is 0 Å². The van der Waals surface area contributed by atoms with Crippen LogP contribution in [0.25, 0.3) is 11.0 Å². The Morgan fingerprint density at radius 2 is 1.91 bits per heavy atom. The summed E-state index contributed by atoms with van der Waals surface area (Å²) in [7, 11) is 1.63. The van der Waals surface area contributed by atoms with Gasteiger partial charge in [0, 0.05) is 12.1 Å². The minimum absolute atomic E-state index is 0.0536. The second-order valence-corrected chi connectivity index (χ2v) is 5.32. The van der Waals surface area contributed by atoms with Gasteiger partial charge in [0.15, 0.2) is 0 Å².